The molecular formula is C13H21BrN2O2. The summed E-state index contributed by atoms with van der Waals surface area (Å²) in [6, 6.07) is 3.74. The van der Waals surface area contributed by atoms with E-state index in [2.05, 4.69) is 21.2 Å². The molecule has 0 aliphatic carbocycles. The molecule has 0 aromatic heterocycles. The van der Waals surface area contributed by atoms with Crippen molar-refractivity contribution in [1.82, 2.24) is 5.32 Å². The SMILES string of the molecule is CC.CCc1cc(Br)c(O)c(CNC(=O)CN)c1. The second-order valence-electron chi connectivity index (χ2n) is 3.42. The second kappa shape index (κ2) is 8.94. The van der Waals surface area contributed by atoms with E-state index in [1.54, 1.807) is 0 Å². The first-order chi connectivity index (χ1) is 8.58. The highest BCUT2D eigenvalue weighted by Crippen LogP contribution is 2.29. The van der Waals surface area contributed by atoms with Crippen molar-refractivity contribution < 1.29 is 9.90 Å². The third kappa shape index (κ3) is 5.06. The molecule has 0 radical (unpaired) electrons. The van der Waals surface area contributed by atoms with Crippen LogP contribution in [0, 0.1) is 0 Å². The standard InChI is InChI=1S/C11H15BrN2O2.C2H6/c1-2-7-3-8(6-14-10(15)5-13)11(16)9(12)4-7;1-2/h3-4,16H,2,5-6,13H2,1H3,(H,14,15);1-2H3. The minimum absolute atomic E-state index is 0.0462. The second-order valence-corrected chi connectivity index (χ2v) is 4.27. The van der Waals surface area contributed by atoms with Gasteiger partial charge in [0.05, 0.1) is 11.0 Å². The summed E-state index contributed by atoms with van der Waals surface area (Å²) in [5, 5.41) is 12.4. The van der Waals surface area contributed by atoms with Gasteiger partial charge in [0, 0.05) is 12.1 Å². The summed E-state index contributed by atoms with van der Waals surface area (Å²) in [6.45, 7) is 6.27. The van der Waals surface area contributed by atoms with Crippen molar-refractivity contribution in [2.45, 2.75) is 33.7 Å². The Bertz CT molecular complexity index is 395. The molecule has 102 valence electrons. The number of phenols is 1. The summed E-state index contributed by atoms with van der Waals surface area (Å²) in [5.41, 5.74) is 6.96. The first-order valence-electron chi connectivity index (χ1n) is 6.05. The van der Waals surface area contributed by atoms with Gasteiger partial charge in [0.1, 0.15) is 5.75 Å². The molecule has 4 N–H and O–H groups in total. The van der Waals surface area contributed by atoms with Gasteiger partial charge in [-0.15, -0.1) is 0 Å². The van der Waals surface area contributed by atoms with Crippen LogP contribution in [0.5, 0.6) is 5.75 Å². The number of carbonyl (C=O) groups excluding carboxylic acids is 1. The van der Waals surface area contributed by atoms with Crippen LogP contribution in [0.3, 0.4) is 0 Å². The summed E-state index contributed by atoms with van der Waals surface area (Å²) in [7, 11) is 0. The van der Waals surface area contributed by atoms with E-state index >= 15 is 0 Å². The van der Waals surface area contributed by atoms with Crippen molar-refractivity contribution in [2.75, 3.05) is 6.54 Å². The van der Waals surface area contributed by atoms with Crippen molar-refractivity contribution in [1.29, 1.82) is 0 Å². The van der Waals surface area contributed by atoms with Crippen LogP contribution in [0.15, 0.2) is 16.6 Å². The summed E-state index contributed by atoms with van der Waals surface area (Å²) in [5.74, 6) is -0.0769. The van der Waals surface area contributed by atoms with Crippen LogP contribution in [0.25, 0.3) is 0 Å². The van der Waals surface area contributed by atoms with Gasteiger partial charge in [0.2, 0.25) is 5.91 Å². The van der Waals surface area contributed by atoms with Crippen molar-refractivity contribution >= 4 is 21.8 Å². The Morgan fingerprint density at radius 3 is 2.56 bits per heavy atom. The summed E-state index contributed by atoms with van der Waals surface area (Å²) >= 11 is 3.27. The third-order valence-corrected chi connectivity index (χ3v) is 2.88. The quantitative estimate of drug-likeness (QED) is 0.798. The van der Waals surface area contributed by atoms with Gasteiger partial charge in [-0.2, -0.15) is 0 Å². The fraction of sp³-hybridized carbons (Fsp3) is 0.462. The fourth-order valence-corrected chi connectivity index (χ4v) is 1.87. The molecule has 0 bridgehead atoms. The Labute approximate surface area is 117 Å². The van der Waals surface area contributed by atoms with E-state index in [0.717, 1.165) is 12.0 Å². The molecule has 5 heteroatoms. The molecular weight excluding hydrogens is 296 g/mol. The minimum atomic E-state index is -0.238. The lowest BCUT2D eigenvalue weighted by atomic mass is 10.1. The van der Waals surface area contributed by atoms with Gasteiger partial charge in [-0.3, -0.25) is 4.79 Å². The van der Waals surface area contributed by atoms with Crippen molar-refractivity contribution in [3.8, 4) is 5.75 Å². The Balaban J connectivity index is 0.00000137. The normalized spacial score (nSPS) is 9.39. The highest BCUT2D eigenvalue weighted by Gasteiger charge is 2.08. The average Bonchev–Trinajstić information content (AvgIpc) is 2.42. The van der Waals surface area contributed by atoms with Crippen LogP contribution >= 0.6 is 15.9 Å². The number of hydrogen-bond acceptors (Lipinski definition) is 3. The minimum Gasteiger partial charge on any atom is -0.506 e. The number of phenolic OH excluding ortho intramolecular Hbond substituents is 1. The Morgan fingerprint density at radius 1 is 1.44 bits per heavy atom. The number of halogens is 1. The predicted molar refractivity (Wildman–Crippen MR) is 77.4 cm³/mol. The number of nitrogens with two attached hydrogens (primary N) is 1. The highest BCUT2D eigenvalue weighted by molar-refractivity contribution is 9.10. The lowest BCUT2D eigenvalue weighted by Gasteiger charge is -2.10. The maximum absolute atomic E-state index is 11.0. The first kappa shape index (κ1) is 16.9. The highest BCUT2D eigenvalue weighted by atomic mass is 79.9. The van der Waals surface area contributed by atoms with E-state index < -0.39 is 0 Å². The van der Waals surface area contributed by atoms with E-state index in [1.165, 1.54) is 0 Å². The lowest BCUT2D eigenvalue weighted by Crippen LogP contribution is -2.29. The van der Waals surface area contributed by atoms with Gasteiger partial charge in [-0.1, -0.05) is 26.8 Å². The molecule has 0 atom stereocenters. The number of benzene rings is 1. The molecule has 0 saturated heterocycles. The molecule has 1 aromatic carbocycles. The number of amides is 1. The van der Waals surface area contributed by atoms with Crippen LogP contribution < -0.4 is 11.1 Å². The summed E-state index contributed by atoms with van der Waals surface area (Å²) in [4.78, 5) is 11.0. The molecule has 1 aromatic rings. The summed E-state index contributed by atoms with van der Waals surface area (Å²) in [6.07, 6.45) is 0.872. The molecule has 0 heterocycles. The van der Waals surface area contributed by atoms with Crippen molar-refractivity contribution in [3.05, 3.63) is 27.7 Å². The van der Waals surface area contributed by atoms with Gasteiger partial charge in [0.15, 0.2) is 0 Å². The van der Waals surface area contributed by atoms with Gasteiger partial charge in [0.25, 0.3) is 0 Å². The van der Waals surface area contributed by atoms with E-state index in [-0.39, 0.29) is 24.7 Å². The molecule has 1 rings (SSSR count). The monoisotopic (exact) mass is 316 g/mol. The lowest BCUT2D eigenvalue weighted by molar-refractivity contribution is -0.119. The number of nitrogens with one attached hydrogen (secondary N) is 1. The Morgan fingerprint density at radius 2 is 2.06 bits per heavy atom. The van der Waals surface area contributed by atoms with E-state index in [1.807, 2.05) is 32.9 Å². The number of aryl methyl sites for hydroxylation is 1. The largest absolute Gasteiger partial charge is 0.506 e. The molecule has 4 nitrogen and oxygen atoms in total. The topological polar surface area (TPSA) is 75.3 Å². The van der Waals surface area contributed by atoms with Gasteiger partial charge in [-0.25, -0.2) is 0 Å². The molecule has 18 heavy (non-hydrogen) atoms. The maximum Gasteiger partial charge on any atom is 0.234 e. The van der Waals surface area contributed by atoms with Crippen LogP contribution in [-0.2, 0) is 17.8 Å². The molecule has 0 spiro atoms. The van der Waals surface area contributed by atoms with Gasteiger partial charge >= 0.3 is 0 Å². The van der Waals surface area contributed by atoms with Crippen LogP contribution in [0.2, 0.25) is 0 Å². The van der Waals surface area contributed by atoms with Crippen LogP contribution in [0.4, 0.5) is 0 Å². The molecule has 0 aliphatic heterocycles. The first-order valence-corrected chi connectivity index (χ1v) is 6.84. The van der Waals surface area contributed by atoms with E-state index in [0.29, 0.717) is 10.0 Å². The predicted octanol–water partition coefficient (Wildman–Crippen LogP) is 2.32. The van der Waals surface area contributed by atoms with Crippen LogP contribution in [0.1, 0.15) is 31.9 Å². The number of hydrogen-bond donors (Lipinski definition) is 3. The molecule has 0 fully saturated rings. The Hall–Kier alpha value is -1.07. The Kier molecular flexibility index (Phi) is 8.41. The van der Waals surface area contributed by atoms with Gasteiger partial charge in [-0.05, 0) is 34.0 Å². The number of carbonyl (C=O) groups is 1. The van der Waals surface area contributed by atoms with E-state index in [4.69, 9.17) is 5.73 Å². The third-order valence-electron chi connectivity index (χ3n) is 2.27. The zero-order chi connectivity index (χ0) is 14.1. The zero-order valence-electron chi connectivity index (χ0n) is 11.1. The maximum atomic E-state index is 11.0. The van der Waals surface area contributed by atoms with Crippen molar-refractivity contribution in [2.24, 2.45) is 5.73 Å². The molecule has 0 unspecified atom stereocenters. The van der Waals surface area contributed by atoms with Crippen LogP contribution in [-0.4, -0.2) is 17.6 Å². The molecule has 1 amide bonds. The van der Waals surface area contributed by atoms with E-state index in [9.17, 15) is 9.90 Å². The van der Waals surface area contributed by atoms with Crippen molar-refractivity contribution in [3.63, 3.8) is 0 Å². The number of rotatable bonds is 4. The smallest absolute Gasteiger partial charge is 0.234 e. The fourth-order valence-electron chi connectivity index (χ4n) is 1.32. The van der Waals surface area contributed by atoms with Gasteiger partial charge < -0.3 is 16.2 Å². The zero-order valence-corrected chi connectivity index (χ0v) is 12.7. The molecule has 0 saturated carbocycles. The number of aromatic hydroxyl groups is 1. The summed E-state index contributed by atoms with van der Waals surface area (Å²) < 4.78 is 0.642. The average molecular weight is 317 g/mol. The molecule has 0 aliphatic rings.